The highest BCUT2D eigenvalue weighted by molar-refractivity contribution is 7.92. The highest BCUT2D eigenvalue weighted by Gasteiger charge is 2.15. The number of aromatic nitrogens is 1. The molecule has 1 heterocycles. The number of sulfonamides is 1. The molecule has 1 aromatic heterocycles. The first kappa shape index (κ1) is 13.3. The Bertz CT molecular complexity index is 679. The van der Waals surface area contributed by atoms with Crippen molar-refractivity contribution in [3.8, 4) is 0 Å². The molecule has 0 aliphatic carbocycles. The van der Waals surface area contributed by atoms with Crippen LogP contribution in [0.2, 0.25) is 0 Å². The van der Waals surface area contributed by atoms with Crippen LogP contribution in [0.4, 0.5) is 15.9 Å². The maximum atomic E-state index is 13.2. The number of pyridine rings is 1. The molecule has 5 nitrogen and oxygen atoms in total. The van der Waals surface area contributed by atoms with Crippen LogP contribution in [0.25, 0.3) is 0 Å². The van der Waals surface area contributed by atoms with Gasteiger partial charge in [-0.05, 0) is 42.8 Å². The van der Waals surface area contributed by atoms with Gasteiger partial charge in [-0.25, -0.2) is 17.8 Å². The van der Waals surface area contributed by atoms with E-state index in [0.717, 1.165) is 12.3 Å². The number of hydrogen-bond acceptors (Lipinski definition) is 4. The average molecular weight is 281 g/mol. The molecular formula is C12H12FN3O2S. The second kappa shape index (κ2) is 4.85. The first-order chi connectivity index (χ1) is 8.87. The average Bonchev–Trinajstić information content (AvgIpc) is 2.27. The largest absolute Gasteiger partial charge is 0.384 e. The fourth-order valence-electron chi connectivity index (χ4n) is 1.56. The van der Waals surface area contributed by atoms with Crippen molar-refractivity contribution >= 4 is 21.5 Å². The Morgan fingerprint density at radius 2 is 2.00 bits per heavy atom. The lowest BCUT2D eigenvalue weighted by molar-refractivity contribution is 0.600. The molecule has 0 bridgehead atoms. The molecule has 0 unspecified atom stereocenters. The molecule has 0 spiro atoms. The van der Waals surface area contributed by atoms with Gasteiger partial charge in [0.25, 0.3) is 10.0 Å². The summed E-state index contributed by atoms with van der Waals surface area (Å²) >= 11 is 0. The van der Waals surface area contributed by atoms with E-state index in [1.807, 2.05) is 0 Å². The zero-order valence-electron chi connectivity index (χ0n) is 10.1. The van der Waals surface area contributed by atoms with Gasteiger partial charge < -0.3 is 5.73 Å². The van der Waals surface area contributed by atoms with E-state index in [-0.39, 0.29) is 16.4 Å². The smallest absolute Gasteiger partial charge is 0.263 e. The van der Waals surface area contributed by atoms with Crippen LogP contribution in [0.15, 0.2) is 41.4 Å². The fraction of sp³-hybridized carbons (Fsp3) is 0.0833. The predicted octanol–water partition coefficient (Wildman–Crippen LogP) is 1.91. The van der Waals surface area contributed by atoms with Crippen molar-refractivity contribution in [2.45, 2.75) is 11.8 Å². The number of rotatable bonds is 3. The second-order valence-corrected chi connectivity index (χ2v) is 5.72. The van der Waals surface area contributed by atoms with Crippen LogP contribution in [-0.4, -0.2) is 13.4 Å². The first-order valence-electron chi connectivity index (χ1n) is 5.38. The molecular weight excluding hydrogens is 269 g/mol. The molecule has 0 atom stereocenters. The Labute approximate surface area is 110 Å². The Morgan fingerprint density at radius 1 is 1.26 bits per heavy atom. The minimum absolute atomic E-state index is 0.0383. The van der Waals surface area contributed by atoms with Gasteiger partial charge in [0.05, 0.1) is 5.69 Å². The van der Waals surface area contributed by atoms with Crippen molar-refractivity contribution in [2.75, 3.05) is 10.5 Å². The van der Waals surface area contributed by atoms with E-state index in [1.165, 1.54) is 24.3 Å². The summed E-state index contributed by atoms with van der Waals surface area (Å²) in [6.45, 7) is 1.67. The van der Waals surface area contributed by atoms with Crippen molar-refractivity contribution in [1.82, 2.24) is 4.98 Å². The van der Waals surface area contributed by atoms with E-state index in [1.54, 1.807) is 6.92 Å². The monoisotopic (exact) mass is 281 g/mol. The summed E-state index contributed by atoms with van der Waals surface area (Å²) in [5, 5.41) is 0. The van der Waals surface area contributed by atoms with Crippen LogP contribution in [0.5, 0.6) is 0 Å². The standard InChI is InChI=1S/C12H12FN3O2S/c1-8-4-9(13)6-10(5-8)16-19(17,18)11-2-3-12(14)15-7-11/h2-7,16H,1H3,(H2,14,15). The number of aryl methyl sites for hydroxylation is 1. The molecule has 2 aromatic rings. The molecule has 3 N–H and O–H groups in total. The minimum Gasteiger partial charge on any atom is -0.384 e. The number of nitrogens with two attached hydrogens (primary N) is 1. The molecule has 7 heteroatoms. The van der Waals surface area contributed by atoms with E-state index in [2.05, 4.69) is 9.71 Å². The van der Waals surface area contributed by atoms with Crippen molar-refractivity contribution in [1.29, 1.82) is 0 Å². The van der Waals surface area contributed by atoms with E-state index in [0.29, 0.717) is 5.56 Å². The van der Waals surface area contributed by atoms with Gasteiger partial charge in [0, 0.05) is 6.20 Å². The van der Waals surface area contributed by atoms with Gasteiger partial charge in [-0.3, -0.25) is 4.72 Å². The van der Waals surface area contributed by atoms with E-state index in [4.69, 9.17) is 5.73 Å². The lowest BCUT2D eigenvalue weighted by Gasteiger charge is -2.08. The molecule has 100 valence electrons. The summed E-state index contributed by atoms with van der Waals surface area (Å²) in [5.74, 6) is -0.284. The third-order valence-electron chi connectivity index (χ3n) is 2.36. The lowest BCUT2D eigenvalue weighted by Crippen LogP contribution is -2.13. The topological polar surface area (TPSA) is 85.1 Å². The van der Waals surface area contributed by atoms with Crippen LogP contribution in [-0.2, 0) is 10.0 Å². The normalized spacial score (nSPS) is 11.3. The zero-order valence-corrected chi connectivity index (χ0v) is 10.9. The molecule has 1 aromatic carbocycles. The Balaban J connectivity index is 2.33. The molecule has 0 aliphatic heterocycles. The molecule has 0 aliphatic rings. The van der Waals surface area contributed by atoms with Crippen LogP contribution in [0.3, 0.4) is 0 Å². The van der Waals surface area contributed by atoms with Crippen LogP contribution in [0, 0.1) is 12.7 Å². The third-order valence-corrected chi connectivity index (χ3v) is 3.73. The van der Waals surface area contributed by atoms with Gasteiger partial charge in [-0.2, -0.15) is 0 Å². The summed E-state index contributed by atoms with van der Waals surface area (Å²) in [4.78, 5) is 3.67. The summed E-state index contributed by atoms with van der Waals surface area (Å²) in [5.41, 5.74) is 6.17. The van der Waals surface area contributed by atoms with Crippen LogP contribution in [0.1, 0.15) is 5.56 Å². The van der Waals surface area contributed by atoms with Crippen LogP contribution < -0.4 is 10.5 Å². The summed E-state index contributed by atoms with van der Waals surface area (Å²) in [6.07, 6.45) is 1.14. The second-order valence-electron chi connectivity index (χ2n) is 4.04. The predicted molar refractivity (Wildman–Crippen MR) is 70.6 cm³/mol. The molecule has 0 amide bonds. The number of nitrogen functional groups attached to an aromatic ring is 1. The van der Waals surface area contributed by atoms with Crippen LogP contribution >= 0.6 is 0 Å². The number of nitrogens with one attached hydrogen (secondary N) is 1. The lowest BCUT2D eigenvalue weighted by atomic mass is 10.2. The number of nitrogens with zero attached hydrogens (tertiary/aromatic N) is 1. The number of halogens is 1. The molecule has 0 fully saturated rings. The van der Waals surface area contributed by atoms with Gasteiger partial charge in [0.2, 0.25) is 0 Å². The summed E-state index contributed by atoms with van der Waals surface area (Å²) in [7, 11) is -3.80. The highest BCUT2D eigenvalue weighted by atomic mass is 32.2. The maximum Gasteiger partial charge on any atom is 0.263 e. The van der Waals surface area contributed by atoms with Crippen molar-refractivity contribution in [3.05, 3.63) is 47.9 Å². The van der Waals surface area contributed by atoms with Gasteiger partial charge in [-0.15, -0.1) is 0 Å². The number of benzene rings is 1. The van der Waals surface area contributed by atoms with E-state index >= 15 is 0 Å². The quantitative estimate of drug-likeness (QED) is 0.900. The Morgan fingerprint density at radius 3 is 2.58 bits per heavy atom. The highest BCUT2D eigenvalue weighted by Crippen LogP contribution is 2.18. The van der Waals surface area contributed by atoms with Gasteiger partial charge >= 0.3 is 0 Å². The molecule has 0 radical (unpaired) electrons. The maximum absolute atomic E-state index is 13.2. The van der Waals surface area contributed by atoms with Gasteiger partial charge in [0.15, 0.2) is 0 Å². The molecule has 0 saturated heterocycles. The van der Waals surface area contributed by atoms with Gasteiger partial charge in [0.1, 0.15) is 16.5 Å². The van der Waals surface area contributed by atoms with Crippen molar-refractivity contribution in [2.24, 2.45) is 0 Å². The number of anilines is 2. The first-order valence-corrected chi connectivity index (χ1v) is 6.87. The van der Waals surface area contributed by atoms with E-state index in [9.17, 15) is 12.8 Å². The molecule has 2 rings (SSSR count). The van der Waals surface area contributed by atoms with Crippen molar-refractivity contribution in [3.63, 3.8) is 0 Å². The van der Waals surface area contributed by atoms with E-state index < -0.39 is 15.8 Å². The SMILES string of the molecule is Cc1cc(F)cc(NS(=O)(=O)c2ccc(N)nc2)c1. The summed E-state index contributed by atoms with van der Waals surface area (Å²) in [6, 6.07) is 6.66. The van der Waals surface area contributed by atoms with Gasteiger partial charge in [-0.1, -0.05) is 0 Å². The molecule has 0 saturated carbocycles. The Kier molecular flexibility index (Phi) is 3.39. The third kappa shape index (κ3) is 3.19. The summed E-state index contributed by atoms with van der Waals surface area (Å²) < 4.78 is 39.5. The number of hydrogen-bond donors (Lipinski definition) is 2. The fourth-order valence-corrected chi connectivity index (χ4v) is 2.54. The zero-order chi connectivity index (χ0) is 14.0. The van der Waals surface area contributed by atoms with Crippen molar-refractivity contribution < 1.29 is 12.8 Å². The minimum atomic E-state index is -3.80. The Hall–Kier alpha value is -2.15. The molecule has 19 heavy (non-hydrogen) atoms.